The summed E-state index contributed by atoms with van der Waals surface area (Å²) in [6, 6.07) is 10.4. The van der Waals surface area contributed by atoms with Crippen molar-refractivity contribution in [2.45, 2.75) is 77.8 Å². The molecule has 1 heteroatoms. The van der Waals surface area contributed by atoms with Crippen LogP contribution in [0.4, 0.5) is 0 Å². The first-order valence-corrected chi connectivity index (χ1v) is 8.57. The zero-order valence-corrected chi connectivity index (χ0v) is 13.5. The van der Waals surface area contributed by atoms with Gasteiger partial charge in [-0.3, -0.25) is 0 Å². The normalized spacial score (nSPS) is 24.6. The van der Waals surface area contributed by atoms with Crippen LogP contribution in [0.3, 0.4) is 0 Å². The molecule has 112 valence electrons. The molecule has 1 aromatic rings. The second-order valence-electron chi connectivity index (χ2n) is 6.52. The average Bonchev–Trinajstić information content (AvgIpc) is 2.48. The topological polar surface area (TPSA) is 12.0 Å². The van der Waals surface area contributed by atoms with Gasteiger partial charge in [0.2, 0.25) is 0 Å². The monoisotopic (exact) mass is 273 g/mol. The molecule has 1 fully saturated rings. The standard InChI is InChI=1S/C19H31N/c1-4-7-17-10-12-18(13-11-17)15(3)20-19-9-6-8-16(5-2)14-19/h10-13,15-16,19-20H,4-9,14H2,1-3H3. The molecular weight excluding hydrogens is 242 g/mol. The van der Waals surface area contributed by atoms with Crippen molar-refractivity contribution in [3.63, 3.8) is 0 Å². The minimum Gasteiger partial charge on any atom is -0.307 e. The first-order chi connectivity index (χ1) is 9.72. The van der Waals surface area contributed by atoms with E-state index in [1.807, 2.05) is 0 Å². The Morgan fingerprint density at radius 2 is 1.90 bits per heavy atom. The highest BCUT2D eigenvalue weighted by molar-refractivity contribution is 5.24. The molecule has 2 rings (SSSR count). The van der Waals surface area contributed by atoms with Gasteiger partial charge in [-0.1, -0.05) is 63.8 Å². The van der Waals surface area contributed by atoms with E-state index in [-0.39, 0.29) is 0 Å². The second kappa shape index (κ2) is 7.83. The molecule has 0 aromatic heterocycles. The van der Waals surface area contributed by atoms with Gasteiger partial charge in [0.15, 0.2) is 0 Å². The molecule has 0 bridgehead atoms. The highest BCUT2D eigenvalue weighted by Gasteiger charge is 2.22. The zero-order chi connectivity index (χ0) is 14.4. The molecule has 3 atom stereocenters. The van der Waals surface area contributed by atoms with E-state index in [2.05, 4.69) is 50.4 Å². The Morgan fingerprint density at radius 1 is 1.15 bits per heavy atom. The molecule has 0 aliphatic heterocycles. The minimum atomic E-state index is 0.478. The van der Waals surface area contributed by atoms with Gasteiger partial charge < -0.3 is 5.32 Å². The Morgan fingerprint density at radius 3 is 2.55 bits per heavy atom. The lowest BCUT2D eigenvalue weighted by Crippen LogP contribution is -2.35. The maximum Gasteiger partial charge on any atom is 0.0294 e. The molecule has 1 nitrogen and oxygen atoms in total. The van der Waals surface area contributed by atoms with Crippen molar-refractivity contribution < 1.29 is 0 Å². The lowest BCUT2D eigenvalue weighted by atomic mass is 9.84. The summed E-state index contributed by atoms with van der Waals surface area (Å²) < 4.78 is 0. The van der Waals surface area contributed by atoms with E-state index in [0.29, 0.717) is 6.04 Å². The molecule has 1 saturated carbocycles. The Kier molecular flexibility index (Phi) is 6.09. The predicted molar refractivity (Wildman–Crippen MR) is 88.0 cm³/mol. The lowest BCUT2D eigenvalue weighted by molar-refractivity contribution is 0.266. The molecule has 20 heavy (non-hydrogen) atoms. The van der Waals surface area contributed by atoms with Crippen molar-refractivity contribution >= 4 is 0 Å². The highest BCUT2D eigenvalue weighted by Crippen LogP contribution is 2.28. The van der Waals surface area contributed by atoms with E-state index in [1.54, 1.807) is 0 Å². The van der Waals surface area contributed by atoms with Crippen LogP contribution in [0.5, 0.6) is 0 Å². The smallest absolute Gasteiger partial charge is 0.0294 e. The number of hydrogen-bond donors (Lipinski definition) is 1. The summed E-state index contributed by atoms with van der Waals surface area (Å²) in [6.45, 7) is 6.89. The van der Waals surface area contributed by atoms with E-state index >= 15 is 0 Å². The highest BCUT2D eigenvalue weighted by atomic mass is 14.9. The van der Waals surface area contributed by atoms with Crippen LogP contribution in [0.2, 0.25) is 0 Å². The minimum absolute atomic E-state index is 0.478. The van der Waals surface area contributed by atoms with E-state index in [9.17, 15) is 0 Å². The molecule has 0 spiro atoms. The fourth-order valence-corrected chi connectivity index (χ4v) is 3.52. The second-order valence-corrected chi connectivity index (χ2v) is 6.52. The van der Waals surface area contributed by atoms with Crippen LogP contribution in [-0.2, 0) is 6.42 Å². The lowest BCUT2D eigenvalue weighted by Gasteiger charge is -2.31. The van der Waals surface area contributed by atoms with Crippen molar-refractivity contribution in [2.75, 3.05) is 0 Å². The van der Waals surface area contributed by atoms with Crippen LogP contribution in [0.25, 0.3) is 0 Å². The van der Waals surface area contributed by atoms with Crippen LogP contribution in [0, 0.1) is 5.92 Å². The fraction of sp³-hybridized carbons (Fsp3) is 0.684. The molecule has 1 aliphatic rings. The molecule has 0 saturated heterocycles. The van der Waals surface area contributed by atoms with E-state index in [1.165, 1.54) is 56.1 Å². The number of nitrogens with one attached hydrogen (secondary N) is 1. The van der Waals surface area contributed by atoms with Crippen molar-refractivity contribution in [1.29, 1.82) is 0 Å². The van der Waals surface area contributed by atoms with E-state index < -0.39 is 0 Å². The molecule has 0 amide bonds. The first-order valence-electron chi connectivity index (χ1n) is 8.57. The van der Waals surface area contributed by atoms with Crippen molar-refractivity contribution in [3.8, 4) is 0 Å². The van der Waals surface area contributed by atoms with Gasteiger partial charge in [-0.15, -0.1) is 0 Å². The molecule has 3 unspecified atom stereocenters. The maximum absolute atomic E-state index is 3.85. The average molecular weight is 273 g/mol. The fourth-order valence-electron chi connectivity index (χ4n) is 3.52. The summed E-state index contributed by atoms with van der Waals surface area (Å²) in [4.78, 5) is 0. The number of aryl methyl sites for hydroxylation is 1. The third-order valence-electron chi connectivity index (χ3n) is 4.86. The largest absolute Gasteiger partial charge is 0.307 e. The number of hydrogen-bond acceptors (Lipinski definition) is 1. The predicted octanol–water partition coefficient (Wildman–Crippen LogP) is 5.26. The van der Waals surface area contributed by atoms with Gasteiger partial charge in [-0.25, -0.2) is 0 Å². The van der Waals surface area contributed by atoms with Gasteiger partial charge in [-0.2, -0.15) is 0 Å². The Balaban J connectivity index is 1.88. The molecular formula is C19H31N. The van der Waals surface area contributed by atoms with Crippen LogP contribution in [-0.4, -0.2) is 6.04 Å². The summed E-state index contributed by atoms with van der Waals surface area (Å²) in [5.41, 5.74) is 2.90. The third-order valence-corrected chi connectivity index (χ3v) is 4.86. The van der Waals surface area contributed by atoms with Gasteiger partial charge in [0.1, 0.15) is 0 Å². The van der Waals surface area contributed by atoms with E-state index in [0.717, 1.165) is 12.0 Å². The molecule has 1 aromatic carbocycles. The summed E-state index contributed by atoms with van der Waals surface area (Å²) in [5, 5.41) is 3.85. The maximum atomic E-state index is 3.85. The third kappa shape index (κ3) is 4.34. The van der Waals surface area contributed by atoms with Crippen LogP contribution >= 0.6 is 0 Å². The molecule has 0 radical (unpaired) electrons. The summed E-state index contributed by atoms with van der Waals surface area (Å²) in [5.74, 6) is 0.945. The summed E-state index contributed by atoms with van der Waals surface area (Å²) >= 11 is 0. The zero-order valence-electron chi connectivity index (χ0n) is 13.5. The molecule has 0 heterocycles. The van der Waals surface area contributed by atoms with Crippen LogP contribution < -0.4 is 5.32 Å². The quantitative estimate of drug-likeness (QED) is 0.745. The Labute approximate surface area is 125 Å². The number of rotatable bonds is 6. The van der Waals surface area contributed by atoms with Crippen molar-refractivity contribution in [2.24, 2.45) is 5.92 Å². The molecule has 1 N–H and O–H groups in total. The Hall–Kier alpha value is -0.820. The van der Waals surface area contributed by atoms with Gasteiger partial charge in [0, 0.05) is 12.1 Å². The summed E-state index contributed by atoms with van der Waals surface area (Å²) in [6.07, 6.45) is 9.34. The van der Waals surface area contributed by atoms with Gasteiger partial charge in [-0.05, 0) is 43.2 Å². The Bertz CT molecular complexity index is 381. The first kappa shape index (κ1) is 15.6. The van der Waals surface area contributed by atoms with Crippen LogP contribution in [0.1, 0.15) is 76.5 Å². The van der Waals surface area contributed by atoms with Crippen LogP contribution in [0.15, 0.2) is 24.3 Å². The van der Waals surface area contributed by atoms with Gasteiger partial charge in [0.05, 0.1) is 0 Å². The molecule has 1 aliphatic carbocycles. The van der Waals surface area contributed by atoms with E-state index in [4.69, 9.17) is 0 Å². The van der Waals surface area contributed by atoms with Gasteiger partial charge in [0.25, 0.3) is 0 Å². The van der Waals surface area contributed by atoms with Crippen molar-refractivity contribution in [1.82, 2.24) is 5.32 Å². The van der Waals surface area contributed by atoms with Gasteiger partial charge >= 0.3 is 0 Å². The number of benzene rings is 1. The summed E-state index contributed by atoms with van der Waals surface area (Å²) in [7, 11) is 0. The SMILES string of the molecule is CCCc1ccc(C(C)NC2CCCC(CC)C2)cc1. The van der Waals surface area contributed by atoms with Crippen molar-refractivity contribution in [3.05, 3.63) is 35.4 Å².